The summed E-state index contributed by atoms with van der Waals surface area (Å²) < 4.78 is 56.8. The van der Waals surface area contributed by atoms with Crippen molar-refractivity contribution in [3.8, 4) is 11.6 Å². The SMILES string of the molecule is O=Cc1cc(OCCN2CCOCC2)ncc1OCC1=C(c2ccnn2CC(F)(F)F)CCCC1. The number of allylic oxidation sites excluding steroid dienone is 1. The second-order valence-corrected chi connectivity index (χ2v) is 8.55. The van der Waals surface area contributed by atoms with E-state index in [0.29, 0.717) is 61.8 Å². The third-order valence-corrected chi connectivity index (χ3v) is 6.10. The molecule has 1 aliphatic carbocycles. The van der Waals surface area contributed by atoms with Gasteiger partial charge in [-0.3, -0.25) is 14.4 Å². The maximum atomic E-state index is 13.0. The van der Waals surface area contributed by atoms with E-state index in [2.05, 4.69) is 15.0 Å². The van der Waals surface area contributed by atoms with E-state index in [1.807, 2.05) is 0 Å². The summed E-state index contributed by atoms with van der Waals surface area (Å²) in [7, 11) is 0. The zero-order chi connectivity index (χ0) is 24.7. The highest BCUT2D eigenvalue weighted by Gasteiger charge is 2.30. The molecule has 0 atom stereocenters. The first kappa shape index (κ1) is 25.2. The normalized spacial score (nSPS) is 17.5. The van der Waals surface area contributed by atoms with Crippen LogP contribution in [-0.2, 0) is 11.3 Å². The lowest BCUT2D eigenvalue weighted by Crippen LogP contribution is -2.38. The lowest BCUT2D eigenvalue weighted by molar-refractivity contribution is -0.142. The largest absolute Gasteiger partial charge is 0.487 e. The van der Waals surface area contributed by atoms with Gasteiger partial charge >= 0.3 is 6.18 Å². The van der Waals surface area contributed by atoms with Crippen molar-refractivity contribution in [2.45, 2.75) is 38.4 Å². The van der Waals surface area contributed by atoms with Gasteiger partial charge in [0.25, 0.3) is 0 Å². The van der Waals surface area contributed by atoms with E-state index in [1.165, 1.54) is 18.5 Å². The molecule has 0 bridgehead atoms. The summed E-state index contributed by atoms with van der Waals surface area (Å²) in [5.74, 6) is 0.642. The van der Waals surface area contributed by atoms with Crippen molar-refractivity contribution < 1.29 is 32.2 Å². The van der Waals surface area contributed by atoms with Crippen LogP contribution in [0.4, 0.5) is 13.2 Å². The fourth-order valence-corrected chi connectivity index (χ4v) is 4.32. The third-order valence-electron chi connectivity index (χ3n) is 6.10. The molecule has 190 valence electrons. The summed E-state index contributed by atoms with van der Waals surface area (Å²) in [6, 6.07) is 3.14. The summed E-state index contributed by atoms with van der Waals surface area (Å²) in [6.07, 6.45) is 2.32. The predicted molar refractivity (Wildman–Crippen MR) is 122 cm³/mol. The topological polar surface area (TPSA) is 78.7 Å². The van der Waals surface area contributed by atoms with Crippen LogP contribution in [0.3, 0.4) is 0 Å². The number of hydrogen-bond donors (Lipinski definition) is 0. The van der Waals surface area contributed by atoms with E-state index in [1.54, 1.807) is 6.07 Å². The van der Waals surface area contributed by atoms with Gasteiger partial charge in [-0.15, -0.1) is 0 Å². The van der Waals surface area contributed by atoms with E-state index in [4.69, 9.17) is 14.2 Å². The molecule has 1 fully saturated rings. The van der Waals surface area contributed by atoms with Crippen molar-refractivity contribution in [1.82, 2.24) is 19.7 Å². The highest BCUT2D eigenvalue weighted by atomic mass is 19.4. The highest BCUT2D eigenvalue weighted by molar-refractivity contribution is 5.79. The van der Waals surface area contributed by atoms with Crippen LogP contribution in [0.15, 0.2) is 30.1 Å². The van der Waals surface area contributed by atoms with Crippen LogP contribution in [0.25, 0.3) is 5.57 Å². The standard InChI is InChI=1S/C24H29F3N4O4/c25-24(26,27)17-31-21(5-6-29-31)20-4-2-1-3-18(20)16-35-22-14-28-23(13-19(22)15-32)34-12-9-30-7-10-33-11-8-30/h5-6,13-15H,1-4,7-12,16-17H2. The molecule has 4 rings (SSSR count). The Morgan fingerprint density at radius 1 is 1.14 bits per heavy atom. The molecule has 0 spiro atoms. The number of nitrogens with zero attached hydrogens (tertiary/aromatic N) is 4. The van der Waals surface area contributed by atoms with Gasteiger partial charge in [-0.25, -0.2) is 4.98 Å². The Labute approximate surface area is 201 Å². The molecule has 2 aromatic rings. The number of ether oxygens (including phenoxy) is 3. The number of morpholine rings is 1. The molecular formula is C24H29F3N4O4. The van der Waals surface area contributed by atoms with Crippen molar-refractivity contribution in [3.63, 3.8) is 0 Å². The zero-order valence-corrected chi connectivity index (χ0v) is 19.4. The lowest BCUT2D eigenvalue weighted by Gasteiger charge is -2.26. The maximum Gasteiger partial charge on any atom is 0.408 e. The second kappa shape index (κ2) is 11.7. The Bertz CT molecular complexity index is 1030. The smallest absolute Gasteiger partial charge is 0.408 e. The number of pyridine rings is 1. The Morgan fingerprint density at radius 3 is 2.71 bits per heavy atom. The van der Waals surface area contributed by atoms with Crippen molar-refractivity contribution in [2.75, 3.05) is 46.1 Å². The average Bonchev–Trinajstić information content (AvgIpc) is 3.30. The number of hydrogen-bond acceptors (Lipinski definition) is 7. The Hall–Kier alpha value is -2.92. The molecule has 0 N–H and O–H groups in total. The van der Waals surface area contributed by atoms with E-state index in [0.717, 1.165) is 48.3 Å². The van der Waals surface area contributed by atoms with Gasteiger partial charge in [0.2, 0.25) is 5.88 Å². The van der Waals surface area contributed by atoms with E-state index >= 15 is 0 Å². The molecule has 3 heterocycles. The van der Waals surface area contributed by atoms with Crippen LogP contribution in [0.1, 0.15) is 41.7 Å². The number of aldehydes is 1. The van der Waals surface area contributed by atoms with Crippen molar-refractivity contribution >= 4 is 11.9 Å². The second-order valence-electron chi connectivity index (χ2n) is 8.55. The van der Waals surface area contributed by atoms with Gasteiger partial charge in [0, 0.05) is 31.9 Å². The Kier molecular flexibility index (Phi) is 8.40. The quantitative estimate of drug-likeness (QED) is 0.466. The van der Waals surface area contributed by atoms with Crippen LogP contribution in [0.2, 0.25) is 0 Å². The molecule has 0 radical (unpaired) electrons. The molecule has 11 heteroatoms. The van der Waals surface area contributed by atoms with Crippen LogP contribution in [0, 0.1) is 0 Å². The minimum absolute atomic E-state index is 0.159. The molecule has 0 amide bonds. The fraction of sp³-hybridized carbons (Fsp3) is 0.542. The minimum Gasteiger partial charge on any atom is -0.487 e. The number of aromatic nitrogens is 3. The van der Waals surface area contributed by atoms with Crippen molar-refractivity contribution in [1.29, 1.82) is 0 Å². The summed E-state index contributed by atoms with van der Waals surface area (Å²) in [5.41, 5.74) is 2.49. The highest BCUT2D eigenvalue weighted by Crippen LogP contribution is 2.34. The molecule has 35 heavy (non-hydrogen) atoms. The first-order valence-electron chi connectivity index (χ1n) is 11.7. The van der Waals surface area contributed by atoms with Crippen LogP contribution < -0.4 is 9.47 Å². The van der Waals surface area contributed by atoms with Gasteiger partial charge in [0.05, 0.1) is 30.7 Å². The van der Waals surface area contributed by atoms with Crippen molar-refractivity contribution in [3.05, 3.63) is 41.4 Å². The molecule has 0 unspecified atom stereocenters. The monoisotopic (exact) mass is 494 g/mol. The first-order valence-corrected chi connectivity index (χ1v) is 11.7. The number of carbonyl (C=O) groups excluding carboxylic acids is 1. The maximum absolute atomic E-state index is 13.0. The fourth-order valence-electron chi connectivity index (χ4n) is 4.32. The summed E-state index contributed by atoms with van der Waals surface area (Å²) in [6.45, 7) is 3.33. The van der Waals surface area contributed by atoms with E-state index < -0.39 is 12.7 Å². The summed E-state index contributed by atoms with van der Waals surface area (Å²) in [4.78, 5) is 18.2. The van der Waals surface area contributed by atoms with E-state index in [9.17, 15) is 18.0 Å². The van der Waals surface area contributed by atoms with Gasteiger partial charge in [0.1, 0.15) is 25.5 Å². The minimum atomic E-state index is -4.36. The van der Waals surface area contributed by atoms with Gasteiger partial charge in [0.15, 0.2) is 6.29 Å². The molecule has 0 aromatic carbocycles. The van der Waals surface area contributed by atoms with E-state index in [-0.39, 0.29) is 6.61 Å². The first-order chi connectivity index (χ1) is 16.9. The number of rotatable bonds is 10. The van der Waals surface area contributed by atoms with Gasteiger partial charge in [-0.1, -0.05) is 0 Å². The molecule has 1 saturated heterocycles. The molecule has 0 saturated carbocycles. The Morgan fingerprint density at radius 2 is 1.94 bits per heavy atom. The molecule has 2 aromatic heterocycles. The molecular weight excluding hydrogens is 465 g/mol. The van der Waals surface area contributed by atoms with Crippen LogP contribution >= 0.6 is 0 Å². The molecule has 2 aliphatic rings. The summed E-state index contributed by atoms with van der Waals surface area (Å²) in [5, 5.41) is 3.86. The van der Waals surface area contributed by atoms with Gasteiger partial charge in [-0.05, 0) is 42.9 Å². The predicted octanol–water partition coefficient (Wildman–Crippen LogP) is 3.77. The number of carbonyl (C=O) groups is 1. The molecule has 1 aliphatic heterocycles. The van der Waals surface area contributed by atoms with Crippen LogP contribution in [0.5, 0.6) is 11.6 Å². The zero-order valence-electron chi connectivity index (χ0n) is 19.4. The van der Waals surface area contributed by atoms with Crippen LogP contribution in [-0.4, -0.2) is 78.2 Å². The number of halogens is 3. The number of alkyl halides is 3. The Balaban J connectivity index is 1.41. The van der Waals surface area contributed by atoms with Crippen molar-refractivity contribution in [2.24, 2.45) is 0 Å². The third kappa shape index (κ3) is 7.04. The lowest BCUT2D eigenvalue weighted by atomic mass is 9.90. The van der Waals surface area contributed by atoms with Gasteiger partial charge in [-0.2, -0.15) is 18.3 Å². The average molecular weight is 495 g/mol. The summed E-state index contributed by atoms with van der Waals surface area (Å²) >= 11 is 0. The van der Waals surface area contributed by atoms with Gasteiger partial charge < -0.3 is 14.2 Å². The molecule has 8 nitrogen and oxygen atoms in total.